The van der Waals surface area contributed by atoms with Gasteiger partial charge in [0.2, 0.25) is 5.91 Å². The number of fused-ring (bicyclic) bond motifs is 3. The predicted octanol–water partition coefficient (Wildman–Crippen LogP) is 3.80. The summed E-state index contributed by atoms with van der Waals surface area (Å²) in [6.07, 6.45) is 0. The van der Waals surface area contributed by atoms with E-state index in [4.69, 9.17) is 4.74 Å². The Kier molecular flexibility index (Phi) is 3.71. The Morgan fingerprint density at radius 3 is 2.37 bits per heavy atom. The van der Waals surface area contributed by atoms with E-state index in [0.717, 1.165) is 11.1 Å². The average Bonchev–Trinajstić information content (AvgIpc) is 3.20. The number of halogens is 1. The van der Waals surface area contributed by atoms with Gasteiger partial charge in [0.15, 0.2) is 0 Å². The summed E-state index contributed by atoms with van der Waals surface area (Å²) in [5, 5.41) is 0. The molecule has 140 valence electrons. The number of hydrogen-bond donors (Lipinski definition) is 0. The number of methoxy groups -OCH3 is 1. The maximum Gasteiger partial charge on any atom is 0.319 e. The smallest absolute Gasteiger partial charge is 0.319 e. The zero-order valence-electron chi connectivity index (χ0n) is 15.8. The van der Waals surface area contributed by atoms with Crippen molar-refractivity contribution in [1.82, 2.24) is 0 Å². The number of hydrogen-bond acceptors (Lipinski definition) is 3. The van der Waals surface area contributed by atoms with Crippen LogP contribution in [0.4, 0.5) is 10.1 Å². The van der Waals surface area contributed by atoms with Crippen LogP contribution in [-0.4, -0.2) is 25.0 Å². The number of amides is 1. The van der Waals surface area contributed by atoms with Crippen molar-refractivity contribution in [2.45, 2.75) is 38.1 Å². The number of esters is 1. The van der Waals surface area contributed by atoms with Gasteiger partial charge in [-0.1, -0.05) is 57.2 Å². The second kappa shape index (κ2) is 5.65. The van der Waals surface area contributed by atoms with E-state index in [0.29, 0.717) is 5.69 Å². The van der Waals surface area contributed by atoms with E-state index in [9.17, 15) is 14.0 Å². The van der Waals surface area contributed by atoms with Crippen molar-refractivity contribution < 1.29 is 18.7 Å². The highest BCUT2D eigenvalue weighted by Gasteiger charge is 2.78. The highest BCUT2D eigenvalue weighted by Crippen LogP contribution is 2.70. The van der Waals surface area contributed by atoms with Crippen molar-refractivity contribution in [2.24, 2.45) is 5.41 Å². The fraction of sp³-hybridized carbons (Fsp3) is 0.364. The van der Waals surface area contributed by atoms with E-state index >= 15 is 0 Å². The van der Waals surface area contributed by atoms with Crippen molar-refractivity contribution in [1.29, 1.82) is 0 Å². The van der Waals surface area contributed by atoms with Gasteiger partial charge >= 0.3 is 5.97 Å². The first-order valence-electron chi connectivity index (χ1n) is 9.01. The van der Waals surface area contributed by atoms with Gasteiger partial charge in [-0.05, 0) is 23.3 Å². The topological polar surface area (TPSA) is 46.6 Å². The maximum absolute atomic E-state index is 13.9. The monoisotopic (exact) mass is 367 g/mol. The second-order valence-corrected chi connectivity index (χ2v) is 8.28. The number of rotatable bonds is 2. The molecule has 0 aromatic heterocycles. The van der Waals surface area contributed by atoms with Gasteiger partial charge in [-0.25, -0.2) is 4.39 Å². The molecule has 0 unspecified atom stereocenters. The minimum Gasteiger partial charge on any atom is -0.468 e. The lowest BCUT2D eigenvalue weighted by atomic mass is 9.87. The zero-order valence-corrected chi connectivity index (χ0v) is 15.8. The van der Waals surface area contributed by atoms with Crippen molar-refractivity contribution in [3.05, 3.63) is 65.5 Å². The van der Waals surface area contributed by atoms with Crippen LogP contribution < -0.4 is 4.90 Å². The van der Waals surface area contributed by atoms with Crippen molar-refractivity contribution in [3.63, 3.8) is 0 Å². The van der Waals surface area contributed by atoms with Gasteiger partial charge < -0.3 is 9.64 Å². The lowest BCUT2D eigenvalue weighted by molar-refractivity contribution is -0.144. The summed E-state index contributed by atoms with van der Waals surface area (Å²) >= 11 is 0. The Morgan fingerprint density at radius 1 is 1.11 bits per heavy atom. The lowest BCUT2D eigenvalue weighted by Gasteiger charge is -2.32. The Bertz CT molecular complexity index is 934. The molecule has 0 radical (unpaired) electrons. The van der Waals surface area contributed by atoms with Crippen LogP contribution in [0.25, 0.3) is 0 Å². The van der Waals surface area contributed by atoms with E-state index in [1.54, 1.807) is 11.0 Å². The normalized spacial score (nSPS) is 25.6. The van der Waals surface area contributed by atoms with Gasteiger partial charge in [-0.2, -0.15) is 0 Å². The molecule has 0 spiro atoms. The van der Waals surface area contributed by atoms with E-state index in [1.165, 1.54) is 19.2 Å². The average molecular weight is 367 g/mol. The van der Waals surface area contributed by atoms with Crippen LogP contribution in [0.5, 0.6) is 0 Å². The van der Waals surface area contributed by atoms with Crippen LogP contribution in [0, 0.1) is 11.2 Å². The quantitative estimate of drug-likeness (QED) is 0.759. The van der Waals surface area contributed by atoms with Gasteiger partial charge in [0.05, 0.1) is 18.8 Å². The molecule has 1 aliphatic carbocycles. The molecule has 1 saturated carbocycles. The van der Waals surface area contributed by atoms with Gasteiger partial charge in [-0.15, -0.1) is 0 Å². The highest BCUT2D eigenvalue weighted by atomic mass is 19.1. The van der Waals surface area contributed by atoms with Crippen LogP contribution in [0.3, 0.4) is 0 Å². The number of carbonyl (C=O) groups is 2. The molecule has 4 nitrogen and oxygen atoms in total. The SMILES string of the molecule is COC(=O)[C@@]1(c2ccccc2)[C@@H]2c3ccc(F)cc3N(C(=O)C(C)(C)C)[C@@H]21. The van der Waals surface area contributed by atoms with E-state index in [1.807, 2.05) is 51.1 Å². The molecule has 1 fully saturated rings. The number of ether oxygens (including phenoxy) is 1. The standard InChI is InChI=1S/C22H22FNO3/c1-21(2,3)19(25)24-16-12-14(23)10-11-15(16)17-18(24)22(17,20(26)27-4)13-8-6-5-7-9-13/h5-12,17-18H,1-4H3/t17-,18+,22+/m1/s1. The minimum absolute atomic E-state index is 0.136. The minimum atomic E-state index is -0.957. The van der Waals surface area contributed by atoms with Crippen LogP contribution in [-0.2, 0) is 19.7 Å². The molecule has 2 aromatic rings. The molecule has 1 aliphatic heterocycles. The third-order valence-electron chi connectivity index (χ3n) is 5.66. The maximum atomic E-state index is 13.9. The Hall–Kier alpha value is -2.69. The predicted molar refractivity (Wildman–Crippen MR) is 100 cm³/mol. The fourth-order valence-electron chi connectivity index (χ4n) is 4.47. The molecule has 0 saturated heterocycles. The van der Waals surface area contributed by atoms with Gasteiger partial charge in [0, 0.05) is 11.3 Å². The highest BCUT2D eigenvalue weighted by molar-refractivity contribution is 6.07. The molecule has 0 N–H and O–H groups in total. The molecular weight excluding hydrogens is 345 g/mol. The molecule has 4 rings (SSSR count). The Labute approximate surface area is 157 Å². The molecule has 0 bridgehead atoms. The summed E-state index contributed by atoms with van der Waals surface area (Å²) in [5.41, 5.74) is 0.559. The molecule has 1 heterocycles. The zero-order chi connectivity index (χ0) is 19.6. The summed E-state index contributed by atoms with van der Waals surface area (Å²) in [5.74, 6) is -1.15. The third kappa shape index (κ3) is 2.27. The number of anilines is 1. The summed E-state index contributed by atoms with van der Waals surface area (Å²) in [7, 11) is 1.36. The first kappa shape index (κ1) is 17.7. The first-order chi connectivity index (χ1) is 12.7. The Morgan fingerprint density at radius 2 is 1.78 bits per heavy atom. The van der Waals surface area contributed by atoms with E-state index in [-0.39, 0.29) is 17.8 Å². The molecule has 3 atom stereocenters. The second-order valence-electron chi connectivity index (χ2n) is 8.28. The number of carbonyl (C=O) groups excluding carboxylic acids is 2. The van der Waals surface area contributed by atoms with Crippen molar-refractivity contribution in [3.8, 4) is 0 Å². The van der Waals surface area contributed by atoms with Crippen LogP contribution in [0.15, 0.2) is 48.5 Å². The van der Waals surface area contributed by atoms with E-state index in [2.05, 4.69) is 0 Å². The molecule has 27 heavy (non-hydrogen) atoms. The van der Waals surface area contributed by atoms with Gasteiger partial charge in [0.1, 0.15) is 11.2 Å². The summed E-state index contributed by atoms with van der Waals surface area (Å²) in [6.45, 7) is 5.48. The van der Waals surface area contributed by atoms with Crippen LogP contribution in [0.1, 0.15) is 37.8 Å². The molecule has 2 aliphatic rings. The van der Waals surface area contributed by atoms with Crippen molar-refractivity contribution in [2.75, 3.05) is 12.0 Å². The number of benzene rings is 2. The summed E-state index contributed by atoms with van der Waals surface area (Å²) in [6, 6.07) is 13.4. The van der Waals surface area contributed by atoms with Crippen molar-refractivity contribution >= 4 is 17.6 Å². The third-order valence-corrected chi connectivity index (χ3v) is 5.66. The van der Waals surface area contributed by atoms with E-state index < -0.39 is 22.7 Å². The summed E-state index contributed by atoms with van der Waals surface area (Å²) in [4.78, 5) is 27.8. The summed E-state index contributed by atoms with van der Waals surface area (Å²) < 4.78 is 19.1. The van der Waals surface area contributed by atoms with Crippen LogP contribution >= 0.6 is 0 Å². The fourth-order valence-corrected chi connectivity index (χ4v) is 4.47. The lowest BCUT2D eigenvalue weighted by Crippen LogP contribution is -2.45. The number of nitrogens with zero attached hydrogens (tertiary/aromatic N) is 1. The molecule has 2 aromatic carbocycles. The Balaban J connectivity index is 1.93. The largest absolute Gasteiger partial charge is 0.468 e. The molecule has 1 amide bonds. The first-order valence-corrected chi connectivity index (χ1v) is 9.01. The van der Waals surface area contributed by atoms with Gasteiger partial charge in [0.25, 0.3) is 0 Å². The molecule has 5 heteroatoms. The molecular formula is C22H22FNO3. The van der Waals surface area contributed by atoms with Crippen LogP contribution in [0.2, 0.25) is 0 Å². The van der Waals surface area contributed by atoms with Gasteiger partial charge in [-0.3, -0.25) is 9.59 Å².